The number of hydrogen-bond donors (Lipinski definition) is 1. The molecule has 0 aliphatic heterocycles. The summed E-state index contributed by atoms with van der Waals surface area (Å²) < 4.78 is 16.5. The lowest BCUT2D eigenvalue weighted by Gasteiger charge is -2.28. The zero-order valence-electron chi connectivity index (χ0n) is 19.1. The monoisotopic (exact) mass is 437 g/mol. The molecule has 1 atom stereocenters. The number of ether oxygens (including phenoxy) is 2. The number of amides is 1. The molecule has 0 spiro atoms. The van der Waals surface area contributed by atoms with E-state index in [9.17, 15) is 4.79 Å². The van der Waals surface area contributed by atoms with Crippen LogP contribution in [0.1, 0.15) is 47.8 Å². The molecule has 3 aromatic rings. The van der Waals surface area contributed by atoms with Gasteiger partial charge in [0.15, 0.2) is 5.69 Å². The van der Waals surface area contributed by atoms with Crippen LogP contribution < -0.4 is 14.8 Å². The van der Waals surface area contributed by atoms with Crippen molar-refractivity contribution < 1.29 is 18.7 Å². The van der Waals surface area contributed by atoms with Crippen molar-refractivity contribution in [1.29, 1.82) is 0 Å². The number of carbonyl (C=O) groups excluding carboxylic acids is 1. The quantitative estimate of drug-likeness (QED) is 0.478. The highest BCUT2D eigenvalue weighted by Gasteiger charge is 2.20. The number of methoxy groups -OCH3 is 2. The van der Waals surface area contributed by atoms with Crippen molar-refractivity contribution in [2.75, 3.05) is 14.2 Å². The molecular formula is C25H31N3O4. The van der Waals surface area contributed by atoms with Gasteiger partial charge in [0.05, 0.1) is 20.8 Å². The van der Waals surface area contributed by atoms with E-state index >= 15 is 0 Å². The molecule has 0 saturated carbocycles. The summed E-state index contributed by atoms with van der Waals surface area (Å²) in [5, 5.41) is 2.88. The van der Waals surface area contributed by atoms with Gasteiger partial charge in [-0.25, -0.2) is 4.98 Å². The Bertz CT molecular complexity index is 1000. The number of carbonyl (C=O) groups is 1. The molecule has 1 N–H and O–H groups in total. The summed E-state index contributed by atoms with van der Waals surface area (Å²) in [7, 11) is 3.31. The van der Waals surface area contributed by atoms with Gasteiger partial charge in [0.2, 0.25) is 5.89 Å². The Labute approximate surface area is 189 Å². The molecule has 0 bridgehead atoms. The zero-order valence-corrected chi connectivity index (χ0v) is 19.1. The van der Waals surface area contributed by atoms with Crippen molar-refractivity contribution in [2.45, 2.75) is 45.9 Å². The maximum atomic E-state index is 12.5. The van der Waals surface area contributed by atoms with Gasteiger partial charge in [-0.05, 0) is 37.1 Å². The highest BCUT2D eigenvalue weighted by Crippen LogP contribution is 2.27. The van der Waals surface area contributed by atoms with Crippen molar-refractivity contribution in [3.8, 4) is 11.5 Å². The van der Waals surface area contributed by atoms with Gasteiger partial charge in [0.1, 0.15) is 17.8 Å². The van der Waals surface area contributed by atoms with Crippen molar-refractivity contribution >= 4 is 5.91 Å². The molecule has 3 rings (SSSR count). The first-order valence-corrected chi connectivity index (χ1v) is 10.8. The molecule has 0 saturated heterocycles. The fraction of sp³-hybridized carbons (Fsp3) is 0.360. The number of oxazole rings is 1. The van der Waals surface area contributed by atoms with Gasteiger partial charge in [-0.15, -0.1) is 0 Å². The fourth-order valence-electron chi connectivity index (χ4n) is 3.38. The second-order valence-corrected chi connectivity index (χ2v) is 7.63. The van der Waals surface area contributed by atoms with E-state index in [4.69, 9.17) is 13.9 Å². The molecule has 2 aromatic carbocycles. The molecule has 1 aromatic heterocycles. The molecule has 7 heteroatoms. The third-order valence-corrected chi connectivity index (χ3v) is 5.49. The van der Waals surface area contributed by atoms with E-state index in [0.29, 0.717) is 25.5 Å². The van der Waals surface area contributed by atoms with Crippen LogP contribution in [-0.2, 0) is 19.6 Å². The van der Waals surface area contributed by atoms with Crippen LogP contribution in [0.2, 0.25) is 0 Å². The molecule has 0 aliphatic rings. The van der Waals surface area contributed by atoms with E-state index < -0.39 is 0 Å². The standard InChI is InChI=1S/C25H31N3O4/c1-5-18(2)28(15-20-13-21(30-3)11-12-23(20)31-4)16-24-27-22(17-32-24)25(29)26-14-19-9-7-6-8-10-19/h6-13,17-18H,5,14-16H2,1-4H3,(H,26,29). The second kappa shape index (κ2) is 11.3. The summed E-state index contributed by atoms with van der Waals surface area (Å²) in [4.78, 5) is 19.1. The topological polar surface area (TPSA) is 76.8 Å². The third kappa shape index (κ3) is 6.11. The molecule has 1 heterocycles. The third-order valence-electron chi connectivity index (χ3n) is 5.49. The molecule has 0 aliphatic carbocycles. The van der Waals surface area contributed by atoms with Gasteiger partial charge in [0.25, 0.3) is 5.91 Å². The van der Waals surface area contributed by atoms with Crippen LogP contribution in [0.4, 0.5) is 0 Å². The van der Waals surface area contributed by atoms with E-state index in [1.165, 1.54) is 6.26 Å². The van der Waals surface area contributed by atoms with Crippen LogP contribution in [0.3, 0.4) is 0 Å². The minimum absolute atomic E-state index is 0.256. The molecule has 0 radical (unpaired) electrons. The summed E-state index contributed by atoms with van der Waals surface area (Å²) in [6.07, 6.45) is 2.37. The molecule has 1 unspecified atom stereocenters. The van der Waals surface area contributed by atoms with Gasteiger partial charge in [-0.1, -0.05) is 37.3 Å². The highest BCUT2D eigenvalue weighted by molar-refractivity contribution is 5.91. The maximum Gasteiger partial charge on any atom is 0.273 e. The number of benzene rings is 2. The summed E-state index contributed by atoms with van der Waals surface area (Å²) in [6.45, 7) is 5.84. The first-order chi connectivity index (χ1) is 15.5. The average Bonchev–Trinajstić information content (AvgIpc) is 3.30. The lowest BCUT2D eigenvalue weighted by molar-refractivity contribution is 0.0945. The Morgan fingerprint density at radius 1 is 1.12 bits per heavy atom. The van der Waals surface area contributed by atoms with Gasteiger partial charge in [0, 0.05) is 24.7 Å². The van der Waals surface area contributed by atoms with E-state index in [1.54, 1.807) is 14.2 Å². The van der Waals surface area contributed by atoms with Gasteiger partial charge >= 0.3 is 0 Å². The van der Waals surface area contributed by atoms with Crippen LogP contribution in [0.15, 0.2) is 59.2 Å². The molecule has 0 fully saturated rings. The molecule has 170 valence electrons. The van der Waals surface area contributed by atoms with E-state index in [1.807, 2.05) is 48.5 Å². The van der Waals surface area contributed by atoms with E-state index in [-0.39, 0.29) is 17.6 Å². The van der Waals surface area contributed by atoms with Crippen LogP contribution in [-0.4, -0.2) is 36.1 Å². The van der Waals surface area contributed by atoms with Crippen molar-refractivity contribution in [3.05, 3.63) is 77.5 Å². The summed E-state index contributed by atoms with van der Waals surface area (Å²) in [5.41, 5.74) is 2.32. The summed E-state index contributed by atoms with van der Waals surface area (Å²) in [6, 6.07) is 15.8. The number of rotatable bonds is 11. The fourth-order valence-corrected chi connectivity index (χ4v) is 3.38. The normalized spacial score (nSPS) is 11.9. The first kappa shape index (κ1) is 23.3. The predicted octanol–water partition coefficient (Wildman–Crippen LogP) is 4.42. The Kier molecular flexibility index (Phi) is 8.27. The van der Waals surface area contributed by atoms with Crippen molar-refractivity contribution in [2.24, 2.45) is 0 Å². The van der Waals surface area contributed by atoms with Gasteiger partial charge in [-0.2, -0.15) is 0 Å². The van der Waals surface area contributed by atoms with Gasteiger partial charge in [-0.3, -0.25) is 9.69 Å². The van der Waals surface area contributed by atoms with Gasteiger partial charge < -0.3 is 19.2 Å². The van der Waals surface area contributed by atoms with Crippen molar-refractivity contribution in [3.63, 3.8) is 0 Å². The van der Waals surface area contributed by atoms with Crippen LogP contribution in [0.25, 0.3) is 0 Å². The van der Waals surface area contributed by atoms with E-state index in [2.05, 4.69) is 29.0 Å². The summed E-state index contributed by atoms with van der Waals surface area (Å²) >= 11 is 0. The minimum Gasteiger partial charge on any atom is -0.497 e. The maximum absolute atomic E-state index is 12.5. The number of nitrogens with one attached hydrogen (secondary N) is 1. The molecular weight excluding hydrogens is 406 g/mol. The largest absolute Gasteiger partial charge is 0.497 e. The van der Waals surface area contributed by atoms with Crippen LogP contribution >= 0.6 is 0 Å². The molecule has 7 nitrogen and oxygen atoms in total. The Morgan fingerprint density at radius 2 is 1.91 bits per heavy atom. The Balaban J connectivity index is 1.69. The predicted molar refractivity (Wildman–Crippen MR) is 123 cm³/mol. The second-order valence-electron chi connectivity index (χ2n) is 7.63. The first-order valence-electron chi connectivity index (χ1n) is 10.8. The zero-order chi connectivity index (χ0) is 22.9. The summed E-state index contributed by atoms with van der Waals surface area (Å²) in [5.74, 6) is 1.82. The minimum atomic E-state index is -0.256. The highest BCUT2D eigenvalue weighted by atomic mass is 16.5. The lowest BCUT2D eigenvalue weighted by atomic mass is 10.1. The molecule has 1 amide bonds. The molecule has 32 heavy (non-hydrogen) atoms. The average molecular weight is 438 g/mol. The van der Waals surface area contributed by atoms with Crippen molar-refractivity contribution in [1.82, 2.24) is 15.2 Å². The number of hydrogen-bond acceptors (Lipinski definition) is 6. The number of aromatic nitrogens is 1. The Morgan fingerprint density at radius 3 is 2.59 bits per heavy atom. The lowest BCUT2D eigenvalue weighted by Crippen LogP contribution is -2.32. The Hall–Kier alpha value is -3.32. The van der Waals surface area contributed by atoms with E-state index in [0.717, 1.165) is 29.0 Å². The SMILES string of the molecule is CCC(C)N(Cc1nc(C(=O)NCc2ccccc2)co1)Cc1cc(OC)ccc1OC. The smallest absolute Gasteiger partial charge is 0.273 e. The number of nitrogens with zero attached hydrogens (tertiary/aromatic N) is 2. The van der Waals surface area contributed by atoms with Crippen LogP contribution in [0, 0.1) is 0 Å². The van der Waals surface area contributed by atoms with Crippen LogP contribution in [0.5, 0.6) is 11.5 Å².